The lowest BCUT2D eigenvalue weighted by Crippen LogP contribution is -2.21. The molecule has 0 aliphatic heterocycles. The fraction of sp³-hybridized carbons (Fsp3) is 0.200. The molecule has 0 saturated heterocycles. The minimum absolute atomic E-state index is 0.0951. The van der Waals surface area contributed by atoms with Crippen LogP contribution in [0.3, 0.4) is 0 Å². The monoisotopic (exact) mass is 349 g/mol. The van der Waals surface area contributed by atoms with Crippen molar-refractivity contribution in [2.24, 2.45) is 4.99 Å². The molecule has 0 radical (unpaired) electrons. The van der Waals surface area contributed by atoms with E-state index in [-0.39, 0.29) is 12.2 Å². The molecule has 0 amide bonds. The number of aliphatic hydroxyl groups is 1. The van der Waals surface area contributed by atoms with Crippen molar-refractivity contribution in [3.63, 3.8) is 0 Å². The molecule has 2 aromatic heterocycles. The Morgan fingerprint density at radius 1 is 1.08 bits per heavy atom. The van der Waals surface area contributed by atoms with Crippen LogP contribution in [0.5, 0.6) is 0 Å². The highest BCUT2D eigenvalue weighted by Crippen LogP contribution is 2.25. The van der Waals surface area contributed by atoms with Gasteiger partial charge >= 0.3 is 0 Å². The highest BCUT2D eigenvalue weighted by molar-refractivity contribution is 6.05. The summed E-state index contributed by atoms with van der Waals surface area (Å²) >= 11 is 0. The zero-order chi connectivity index (χ0) is 17.9. The normalized spacial score (nSPS) is 12.0. The summed E-state index contributed by atoms with van der Waals surface area (Å²) < 4.78 is 7.61. The molecule has 6 nitrogen and oxygen atoms in total. The third-order valence-electron chi connectivity index (χ3n) is 4.32. The number of aromatic nitrogens is 1. The van der Waals surface area contributed by atoms with Gasteiger partial charge in [-0.05, 0) is 18.2 Å². The Labute approximate surface area is 149 Å². The predicted octanol–water partition coefficient (Wildman–Crippen LogP) is 2.20. The van der Waals surface area contributed by atoms with Crippen LogP contribution in [0, 0.1) is 0 Å². The molecule has 2 aromatic carbocycles. The largest absolute Gasteiger partial charge is 0.437 e. The van der Waals surface area contributed by atoms with Crippen LogP contribution in [0.4, 0.5) is 0 Å². The van der Waals surface area contributed by atoms with Crippen molar-refractivity contribution in [2.45, 2.75) is 0 Å². The number of pyridine rings is 1. The van der Waals surface area contributed by atoms with Gasteiger partial charge in [0.15, 0.2) is 5.58 Å². The first-order chi connectivity index (χ1) is 12.8. The maximum Gasteiger partial charge on any atom is 0.265 e. The molecule has 26 heavy (non-hydrogen) atoms. The van der Waals surface area contributed by atoms with E-state index in [1.54, 1.807) is 10.6 Å². The highest BCUT2D eigenvalue weighted by atomic mass is 16.3. The van der Waals surface area contributed by atoms with Crippen LogP contribution < -0.4 is 10.9 Å². The molecule has 2 heterocycles. The number of para-hydroxylation sites is 2. The Bertz CT molecular complexity index is 1160. The second-order valence-electron chi connectivity index (χ2n) is 5.98. The number of hydrogen-bond donors (Lipinski definition) is 2. The van der Waals surface area contributed by atoms with E-state index in [1.165, 1.54) is 0 Å². The Morgan fingerprint density at radius 3 is 2.69 bits per heavy atom. The Balaban J connectivity index is 1.90. The van der Waals surface area contributed by atoms with Crippen molar-refractivity contribution in [1.29, 1.82) is 0 Å². The minimum atomic E-state index is -0.0951. The Kier molecular flexibility index (Phi) is 4.51. The van der Waals surface area contributed by atoms with Crippen molar-refractivity contribution in [1.82, 2.24) is 9.72 Å². The van der Waals surface area contributed by atoms with Gasteiger partial charge in [-0.2, -0.15) is 0 Å². The van der Waals surface area contributed by atoms with Gasteiger partial charge in [0.05, 0.1) is 24.2 Å². The average Bonchev–Trinajstić information content (AvgIpc) is 3.06. The molecular weight excluding hydrogens is 330 g/mol. The van der Waals surface area contributed by atoms with E-state index >= 15 is 0 Å². The van der Waals surface area contributed by atoms with Crippen molar-refractivity contribution in [2.75, 3.05) is 26.2 Å². The first kappa shape index (κ1) is 16.5. The summed E-state index contributed by atoms with van der Waals surface area (Å²) in [6.07, 6.45) is 1.76. The second kappa shape index (κ2) is 7.11. The zero-order valence-corrected chi connectivity index (χ0v) is 14.2. The number of oxazole rings is 1. The Hall–Kier alpha value is -2.96. The molecule has 0 saturated carbocycles. The maximum absolute atomic E-state index is 13.0. The first-order valence-corrected chi connectivity index (χ1v) is 8.57. The summed E-state index contributed by atoms with van der Waals surface area (Å²) in [4.78, 5) is 17.5. The van der Waals surface area contributed by atoms with Crippen LogP contribution in [0.2, 0.25) is 0 Å². The average molecular weight is 349 g/mol. The van der Waals surface area contributed by atoms with Gasteiger partial charge in [-0.3, -0.25) is 9.79 Å². The van der Waals surface area contributed by atoms with Gasteiger partial charge in [-0.25, -0.2) is 4.40 Å². The van der Waals surface area contributed by atoms with E-state index in [4.69, 9.17) is 9.52 Å². The molecule has 4 rings (SSSR count). The molecule has 0 fully saturated rings. The number of fused-ring (bicyclic) bond motifs is 4. The number of nitrogens with zero attached hydrogens (tertiary/aromatic N) is 2. The Morgan fingerprint density at radius 2 is 1.85 bits per heavy atom. The molecule has 0 spiro atoms. The van der Waals surface area contributed by atoms with Crippen LogP contribution >= 0.6 is 0 Å². The summed E-state index contributed by atoms with van der Waals surface area (Å²) in [5.41, 5.74) is 2.61. The molecule has 0 aliphatic carbocycles. The topological polar surface area (TPSA) is 79.2 Å². The number of rotatable bonds is 6. The third kappa shape index (κ3) is 2.79. The molecule has 4 aromatic rings. The number of benzene rings is 2. The number of aliphatic hydroxyl groups excluding tert-OH is 1. The van der Waals surface area contributed by atoms with Gasteiger partial charge in [0.2, 0.25) is 5.71 Å². The van der Waals surface area contributed by atoms with Gasteiger partial charge < -0.3 is 14.8 Å². The minimum Gasteiger partial charge on any atom is -0.437 e. The van der Waals surface area contributed by atoms with Crippen molar-refractivity contribution in [3.8, 4) is 0 Å². The van der Waals surface area contributed by atoms with Crippen LogP contribution in [0.25, 0.3) is 27.6 Å². The molecule has 0 atom stereocenters. The zero-order valence-electron chi connectivity index (χ0n) is 14.2. The van der Waals surface area contributed by atoms with Crippen LogP contribution in [-0.2, 0) is 0 Å². The van der Waals surface area contributed by atoms with Gasteiger partial charge in [-0.15, -0.1) is 0 Å². The quantitative estimate of drug-likeness (QED) is 0.413. The van der Waals surface area contributed by atoms with Gasteiger partial charge in [0.25, 0.3) is 5.56 Å². The molecule has 0 unspecified atom stereocenters. The summed E-state index contributed by atoms with van der Waals surface area (Å²) in [6, 6.07) is 15.0. The molecule has 132 valence electrons. The second-order valence-corrected chi connectivity index (χ2v) is 5.98. The summed E-state index contributed by atoms with van der Waals surface area (Å²) in [6.45, 7) is 1.90. The van der Waals surface area contributed by atoms with Crippen LogP contribution in [0.15, 0.2) is 62.7 Å². The molecular formula is C20H19N3O3. The number of nitrogens with one attached hydrogen (secondary N) is 1. The summed E-state index contributed by atoms with van der Waals surface area (Å²) in [5.74, 6) is 0. The van der Waals surface area contributed by atoms with E-state index in [0.717, 1.165) is 16.5 Å². The van der Waals surface area contributed by atoms with Gasteiger partial charge in [-0.1, -0.05) is 30.3 Å². The lowest BCUT2D eigenvalue weighted by atomic mass is 10.1. The van der Waals surface area contributed by atoms with Crippen molar-refractivity contribution in [3.05, 3.63) is 64.4 Å². The molecule has 0 aliphatic rings. The number of aliphatic imine (C=N–C) groups is 1. The van der Waals surface area contributed by atoms with E-state index in [2.05, 4.69) is 10.3 Å². The van der Waals surface area contributed by atoms with Crippen molar-refractivity contribution < 1.29 is 9.52 Å². The molecule has 0 bridgehead atoms. The molecule has 6 heteroatoms. The van der Waals surface area contributed by atoms with E-state index in [0.29, 0.717) is 36.3 Å². The fourth-order valence-corrected chi connectivity index (χ4v) is 3.13. The maximum atomic E-state index is 13.0. The van der Waals surface area contributed by atoms with Crippen LogP contribution in [-0.4, -0.2) is 42.0 Å². The first-order valence-electron chi connectivity index (χ1n) is 8.57. The van der Waals surface area contributed by atoms with Gasteiger partial charge in [0, 0.05) is 30.1 Å². The standard InChI is InChI=1S/C20H19N3O3/c24-12-11-21-9-10-22-13-16-14-5-1-2-6-15(14)19(25)23-17-7-3-4-8-18(17)26-20(16)23/h1-8,13,21,24H,9-12H2. The van der Waals surface area contributed by atoms with E-state index < -0.39 is 0 Å². The lowest BCUT2D eigenvalue weighted by Gasteiger charge is -2.04. The fourth-order valence-electron chi connectivity index (χ4n) is 3.13. The smallest absolute Gasteiger partial charge is 0.265 e. The van der Waals surface area contributed by atoms with E-state index in [9.17, 15) is 4.79 Å². The van der Waals surface area contributed by atoms with Crippen molar-refractivity contribution >= 4 is 33.8 Å². The van der Waals surface area contributed by atoms with Crippen LogP contribution in [0.1, 0.15) is 5.56 Å². The highest BCUT2D eigenvalue weighted by Gasteiger charge is 2.16. The summed E-state index contributed by atoms with van der Waals surface area (Å²) in [5, 5.41) is 13.3. The predicted molar refractivity (Wildman–Crippen MR) is 103 cm³/mol. The van der Waals surface area contributed by atoms with E-state index in [1.807, 2.05) is 48.5 Å². The number of hydrogen-bond acceptors (Lipinski definition) is 5. The SMILES string of the molecule is O=c1c2ccccc2c(C=NCCNCCO)c2oc3ccccc3n12. The summed E-state index contributed by atoms with van der Waals surface area (Å²) in [7, 11) is 0. The third-order valence-corrected chi connectivity index (χ3v) is 4.32. The van der Waals surface area contributed by atoms with Gasteiger partial charge in [0.1, 0.15) is 0 Å². The molecule has 2 N–H and O–H groups in total. The lowest BCUT2D eigenvalue weighted by molar-refractivity contribution is 0.293.